The lowest BCUT2D eigenvalue weighted by Gasteiger charge is -2.19. The lowest BCUT2D eigenvalue weighted by molar-refractivity contribution is 0.482. The highest BCUT2D eigenvalue weighted by molar-refractivity contribution is 7.86. The van der Waals surface area contributed by atoms with Crippen LogP contribution in [-0.4, -0.2) is 18.0 Å². The van der Waals surface area contributed by atoms with E-state index in [9.17, 15) is 13.0 Å². The topological polar surface area (TPSA) is 79.3 Å². The Morgan fingerprint density at radius 2 is 1.67 bits per heavy atom. The maximum atomic E-state index is 11.8. The number of thiazole rings is 1. The van der Waals surface area contributed by atoms with Gasteiger partial charge >= 0.3 is 0 Å². The largest absolute Gasteiger partial charge is 0.331 e. The molecule has 0 saturated heterocycles. The number of aromatic nitrogens is 1. The van der Waals surface area contributed by atoms with Gasteiger partial charge in [-0.1, -0.05) is 23.5 Å². The monoisotopic (exact) mass is 362 g/mol. The second kappa shape index (κ2) is 5.84. The van der Waals surface area contributed by atoms with Crippen LogP contribution in [0.3, 0.4) is 0 Å². The predicted molar refractivity (Wildman–Crippen MR) is 98.1 cm³/mol. The van der Waals surface area contributed by atoms with Gasteiger partial charge in [0.15, 0.2) is 5.13 Å². The van der Waals surface area contributed by atoms with Crippen LogP contribution in [0, 0.1) is 27.7 Å². The van der Waals surface area contributed by atoms with Crippen molar-refractivity contribution in [2.45, 2.75) is 32.6 Å². The first kappa shape index (κ1) is 16.9. The normalized spacial score (nSPS) is 11.9. The lowest BCUT2D eigenvalue weighted by Crippen LogP contribution is -2.10. The number of fused-ring (bicyclic) bond motifs is 1. The van der Waals surface area contributed by atoms with Crippen LogP contribution in [0.4, 0.5) is 10.8 Å². The quantitative estimate of drug-likeness (QED) is 0.670. The Balaban J connectivity index is 2.19. The maximum Gasteiger partial charge on any atom is 0.295 e. The van der Waals surface area contributed by atoms with Gasteiger partial charge in [0.05, 0.1) is 10.2 Å². The van der Waals surface area contributed by atoms with Gasteiger partial charge in [-0.25, -0.2) is 4.98 Å². The first-order valence-electron chi connectivity index (χ1n) is 7.40. The van der Waals surface area contributed by atoms with E-state index in [1.165, 1.54) is 11.3 Å². The molecule has 7 heteroatoms. The molecule has 0 spiro atoms. The third kappa shape index (κ3) is 2.79. The molecule has 3 rings (SSSR count). The smallest absolute Gasteiger partial charge is 0.295 e. The summed E-state index contributed by atoms with van der Waals surface area (Å²) < 4.78 is 34.2. The van der Waals surface area contributed by atoms with Crippen LogP contribution in [0.1, 0.15) is 22.3 Å². The van der Waals surface area contributed by atoms with Crippen molar-refractivity contribution in [3.8, 4) is 0 Å². The van der Waals surface area contributed by atoms with E-state index >= 15 is 0 Å². The second-order valence-corrected chi connectivity index (χ2v) is 8.18. The summed E-state index contributed by atoms with van der Waals surface area (Å²) in [5.74, 6) is 0. The van der Waals surface area contributed by atoms with E-state index in [-0.39, 0.29) is 4.90 Å². The molecule has 0 aliphatic carbocycles. The number of hydrogen-bond donors (Lipinski definition) is 2. The summed E-state index contributed by atoms with van der Waals surface area (Å²) in [7, 11) is -4.30. The van der Waals surface area contributed by atoms with Crippen molar-refractivity contribution >= 4 is 42.5 Å². The fourth-order valence-electron chi connectivity index (χ4n) is 2.92. The molecule has 0 atom stereocenters. The van der Waals surface area contributed by atoms with Gasteiger partial charge in [-0.15, -0.1) is 0 Å². The Labute approximate surface area is 145 Å². The van der Waals surface area contributed by atoms with Crippen LogP contribution >= 0.6 is 11.3 Å². The summed E-state index contributed by atoms with van der Waals surface area (Å²) in [5.41, 5.74) is 4.40. The van der Waals surface area contributed by atoms with Crippen molar-refractivity contribution in [3.63, 3.8) is 0 Å². The minimum atomic E-state index is -4.30. The van der Waals surface area contributed by atoms with Crippen LogP contribution in [-0.2, 0) is 10.1 Å². The molecule has 1 aromatic heterocycles. The van der Waals surface area contributed by atoms with Crippen molar-refractivity contribution in [2.24, 2.45) is 0 Å². The number of anilines is 2. The maximum absolute atomic E-state index is 11.8. The van der Waals surface area contributed by atoms with Gasteiger partial charge in [0, 0.05) is 5.69 Å². The number of nitrogens with zero attached hydrogens (tertiary/aromatic N) is 1. The molecule has 0 saturated carbocycles. The molecule has 1 heterocycles. The van der Waals surface area contributed by atoms with E-state index in [1.54, 1.807) is 13.8 Å². The number of hydrogen-bond acceptors (Lipinski definition) is 5. The van der Waals surface area contributed by atoms with E-state index in [4.69, 9.17) is 0 Å². The number of benzene rings is 2. The second-order valence-electron chi connectivity index (χ2n) is 5.79. The van der Waals surface area contributed by atoms with Crippen molar-refractivity contribution < 1.29 is 13.0 Å². The van der Waals surface area contributed by atoms with Gasteiger partial charge in [0.25, 0.3) is 10.1 Å². The first-order valence-corrected chi connectivity index (χ1v) is 9.66. The zero-order valence-electron chi connectivity index (χ0n) is 13.8. The molecule has 2 aromatic carbocycles. The minimum Gasteiger partial charge on any atom is -0.331 e. The first-order chi connectivity index (χ1) is 11.2. The standard InChI is InChI=1S/C17H18N2O3S2/c1-9-10(2)15(12(4)16(11(9)3)24(20,21)22)19-17-18-13-7-5-6-8-14(13)23-17/h5-8H,1-4H3,(H,18,19)(H,20,21,22). The average molecular weight is 362 g/mol. The van der Waals surface area contributed by atoms with Gasteiger partial charge in [-0.2, -0.15) is 8.42 Å². The van der Waals surface area contributed by atoms with Gasteiger partial charge < -0.3 is 5.32 Å². The molecule has 24 heavy (non-hydrogen) atoms. The van der Waals surface area contributed by atoms with Gasteiger partial charge in [0.2, 0.25) is 0 Å². The van der Waals surface area contributed by atoms with Gasteiger partial charge in [-0.05, 0) is 62.1 Å². The SMILES string of the molecule is Cc1c(C)c(Nc2nc3ccccc3s2)c(C)c(S(=O)(=O)O)c1C. The molecule has 0 amide bonds. The van der Waals surface area contributed by atoms with E-state index in [2.05, 4.69) is 10.3 Å². The molecule has 5 nitrogen and oxygen atoms in total. The summed E-state index contributed by atoms with van der Waals surface area (Å²) in [6.07, 6.45) is 0. The fraction of sp³-hybridized carbons (Fsp3) is 0.235. The highest BCUT2D eigenvalue weighted by Crippen LogP contribution is 2.36. The molecule has 2 N–H and O–H groups in total. The molecule has 3 aromatic rings. The molecular weight excluding hydrogens is 344 g/mol. The van der Waals surface area contributed by atoms with Gasteiger partial charge in [0.1, 0.15) is 4.90 Å². The Kier molecular flexibility index (Phi) is 4.11. The van der Waals surface area contributed by atoms with E-state index in [1.807, 2.05) is 38.1 Å². The van der Waals surface area contributed by atoms with Crippen LogP contribution < -0.4 is 5.32 Å². The van der Waals surface area contributed by atoms with E-state index < -0.39 is 10.1 Å². The van der Waals surface area contributed by atoms with Crippen LogP contribution in [0.25, 0.3) is 10.2 Å². The Hall–Kier alpha value is -1.96. The summed E-state index contributed by atoms with van der Waals surface area (Å²) >= 11 is 1.50. The van der Waals surface area contributed by atoms with E-state index in [0.717, 1.165) is 21.3 Å². The van der Waals surface area contributed by atoms with Crippen LogP contribution in [0.2, 0.25) is 0 Å². The molecule has 0 radical (unpaired) electrons. The lowest BCUT2D eigenvalue weighted by atomic mass is 9.98. The van der Waals surface area contributed by atoms with E-state index in [0.29, 0.717) is 21.9 Å². The summed E-state index contributed by atoms with van der Waals surface area (Å²) in [5, 5.41) is 3.93. The highest BCUT2D eigenvalue weighted by Gasteiger charge is 2.23. The summed E-state index contributed by atoms with van der Waals surface area (Å²) in [4.78, 5) is 4.50. The van der Waals surface area contributed by atoms with Crippen molar-refractivity contribution in [1.82, 2.24) is 4.98 Å². The average Bonchev–Trinajstić information content (AvgIpc) is 2.90. The minimum absolute atomic E-state index is 0.0331. The predicted octanol–water partition coefficient (Wildman–Crippen LogP) is 4.52. The van der Waals surface area contributed by atoms with Crippen molar-refractivity contribution in [2.75, 3.05) is 5.32 Å². The van der Waals surface area contributed by atoms with Gasteiger partial charge in [-0.3, -0.25) is 4.55 Å². The number of rotatable bonds is 3. The van der Waals surface area contributed by atoms with Crippen molar-refractivity contribution in [3.05, 3.63) is 46.5 Å². The molecule has 0 bridgehead atoms. The molecule has 0 aliphatic rings. The third-order valence-electron chi connectivity index (χ3n) is 4.34. The Bertz CT molecular complexity index is 1020. The third-order valence-corrected chi connectivity index (χ3v) is 6.42. The van der Waals surface area contributed by atoms with Crippen molar-refractivity contribution in [1.29, 1.82) is 0 Å². The number of nitrogens with one attached hydrogen (secondary N) is 1. The zero-order chi connectivity index (χ0) is 17.6. The molecule has 0 unspecified atom stereocenters. The molecule has 0 aliphatic heterocycles. The highest BCUT2D eigenvalue weighted by atomic mass is 32.2. The van der Waals surface area contributed by atoms with Crippen LogP contribution in [0.5, 0.6) is 0 Å². The summed E-state index contributed by atoms with van der Waals surface area (Å²) in [6, 6.07) is 7.80. The number of para-hydroxylation sites is 1. The zero-order valence-corrected chi connectivity index (χ0v) is 15.5. The Morgan fingerprint density at radius 1 is 1.00 bits per heavy atom. The fourth-order valence-corrected chi connectivity index (χ4v) is 4.82. The molecule has 126 valence electrons. The summed E-state index contributed by atoms with van der Waals surface area (Å²) in [6.45, 7) is 7.18. The molecular formula is C17H18N2O3S2. The molecule has 0 fully saturated rings. The van der Waals surface area contributed by atoms with Crippen LogP contribution in [0.15, 0.2) is 29.2 Å². The Morgan fingerprint density at radius 3 is 2.29 bits per heavy atom.